The molecule has 4 rings (SSSR count). The topological polar surface area (TPSA) is 54.4 Å². The highest BCUT2D eigenvalue weighted by atomic mass is 32.1. The van der Waals surface area contributed by atoms with Crippen molar-refractivity contribution in [2.75, 3.05) is 43.1 Å². The lowest BCUT2D eigenvalue weighted by atomic mass is 10.3. The summed E-state index contributed by atoms with van der Waals surface area (Å²) < 4.78 is 6.46. The highest BCUT2D eigenvalue weighted by molar-refractivity contribution is 7.22. The molecule has 0 unspecified atom stereocenters. The number of anilines is 2. The molecule has 124 valence electrons. The van der Waals surface area contributed by atoms with E-state index in [0.29, 0.717) is 0 Å². The van der Waals surface area contributed by atoms with Crippen LogP contribution in [-0.2, 0) is 0 Å². The molecule has 0 saturated carbocycles. The summed E-state index contributed by atoms with van der Waals surface area (Å²) in [6.45, 7) is 5.77. The lowest BCUT2D eigenvalue weighted by Gasteiger charge is -2.35. The van der Waals surface area contributed by atoms with Crippen molar-refractivity contribution >= 4 is 32.5 Å². The van der Waals surface area contributed by atoms with Gasteiger partial charge in [-0.3, -0.25) is 0 Å². The van der Waals surface area contributed by atoms with E-state index >= 15 is 0 Å². The largest absolute Gasteiger partial charge is 0.497 e. The molecule has 0 bridgehead atoms. The molecule has 0 spiro atoms. The third-order valence-corrected chi connectivity index (χ3v) is 5.33. The van der Waals surface area contributed by atoms with Crippen LogP contribution in [0.2, 0.25) is 0 Å². The van der Waals surface area contributed by atoms with E-state index < -0.39 is 0 Å². The molecule has 0 radical (unpaired) electrons. The van der Waals surface area contributed by atoms with Crippen LogP contribution in [0.25, 0.3) is 10.2 Å². The Kier molecular flexibility index (Phi) is 3.93. The van der Waals surface area contributed by atoms with Crippen LogP contribution in [0.3, 0.4) is 0 Å². The summed E-state index contributed by atoms with van der Waals surface area (Å²) in [5, 5.41) is 1.08. The molecule has 3 heterocycles. The van der Waals surface area contributed by atoms with Gasteiger partial charge in [0.05, 0.1) is 17.3 Å². The van der Waals surface area contributed by atoms with E-state index in [1.165, 1.54) is 4.70 Å². The van der Waals surface area contributed by atoms with Gasteiger partial charge in [0, 0.05) is 37.9 Å². The highest BCUT2D eigenvalue weighted by Crippen LogP contribution is 2.32. The van der Waals surface area contributed by atoms with Crippen LogP contribution >= 0.6 is 11.3 Å². The van der Waals surface area contributed by atoms with Crippen LogP contribution in [0, 0.1) is 6.92 Å². The Bertz CT molecular complexity index is 857. The number of hydrogen-bond acceptors (Lipinski definition) is 7. The third-order valence-electron chi connectivity index (χ3n) is 4.25. The summed E-state index contributed by atoms with van der Waals surface area (Å²) in [5.74, 6) is 1.89. The van der Waals surface area contributed by atoms with E-state index in [-0.39, 0.29) is 0 Å². The molecular weight excluding hydrogens is 322 g/mol. The number of aromatic nitrogens is 3. The predicted molar refractivity (Wildman–Crippen MR) is 97.4 cm³/mol. The van der Waals surface area contributed by atoms with Crippen LogP contribution < -0.4 is 14.5 Å². The first kappa shape index (κ1) is 15.1. The standard InChI is InChI=1S/C17H19N5OS/c1-12-9-16(19-11-18-12)21-5-7-22(8-6-21)17-20-14-4-3-13(23-2)10-15(14)24-17/h3-4,9-11H,5-8H2,1-2H3. The molecule has 1 fully saturated rings. The summed E-state index contributed by atoms with van der Waals surface area (Å²) in [7, 11) is 1.69. The fourth-order valence-corrected chi connectivity index (χ4v) is 3.94. The molecule has 0 atom stereocenters. The zero-order chi connectivity index (χ0) is 16.5. The normalized spacial score (nSPS) is 15.1. The van der Waals surface area contributed by atoms with Gasteiger partial charge < -0.3 is 14.5 Å². The maximum Gasteiger partial charge on any atom is 0.186 e. The smallest absolute Gasteiger partial charge is 0.186 e. The fraction of sp³-hybridized carbons (Fsp3) is 0.353. The molecule has 0 N–H and O–H groups in total. The van der Waals surface area contributed by atoms with Gasteiger partial charge in [0.2, 0.25) is 0 Å². The Morgan fingerprint density at radius 1 is 1.04 bits per heavy atom. The highest BCUT2D eigenvalue weighted by Gasteiger charge is 2.21. The zero-order valence-electron chi connectivity index (χ0n) is 13.8. The number of rotatable bonds is 3. The minimum Gasteiger partial charge on any atom is -0.497 e. The Morgan fingerprint density at radius 3 is 2.58 bits per heavy atom. The molecule has 0 aliphatic carbocycles. The molecule has 24 heavy (non-hydrogen) atoms. The molecule has 2 aromatic heterocycles. The van der Waals surface area contributed by atoms with Gasteiger partial charge in [-0.15, -0.1) is 0 Å². The molecule has 0 amide bonds. The van der Waals surface area contributed by atoms with Crippen molar-refractivity contribution in [1.82, 2.24) is 15.0 Å². The number of nitrogens with zero attached hydrogens (tertiary/aromatic N) is 5. The quantitative estimate of drug-likeness (QED) is 0.730. The number of thiazole rings is 1. The summed E-state index contributed by atoms with van der Waals surface area (Å²) in [6, 6.07) is 8.07. The SMILES string of the molecule is COc1ccc2nc(N3CCN(c4cc(C)ncn4)CC3)sc2c1. The van der Waals surface area contributed by atoms with Gasteiger partial charge in [0.25, 0.3) is 0 Å². The van der Waals surface area contributed by atoms with E-state index in [0.717, 1.165) is 54.1 Å². The van der Waals surface area contributed by atoms with Crippen LogP contribution in [0.1, 0.15) is 5.69 Å². The molecule has 6 nitrogen and oxygen atoms in total. The second-order valence-corrected chi connectivity index (χ2v) is 6.83. The summed E-state index contributed by atoms with van der Waals surface area (Å²) in [6.07, 6.45) is 1.64. The second kappa shape index (κ2) is 6.24. The average molecular weight is 341 g/mol. The van der Waals surface area contributed by atoms with Crippen LogP contribution in [0.5, 0.6) is 5.75 Å². The summed E-state index contributed by atoms with van der Waals surface area (Å²) >= 11 is 1.72. The van der Waals surface area contributed by atoms with Crippen molar-refractivity contribution in [2.45, 2.75) is 6.92 Å². The van der Waals surface area contributed by atoms with Crippen LogP contribution in [0.15, 0.2) is 30.6 Å². The van der Waals surface area contributed by atoms with E-state index in [1.54, 1.807) is 24.8 Å². The first-order chi connectivity index (χ1) is 11.7. The molecule has 1 saturated heterocycles. The van der Waals surface area contributed by atoms with Gasteiger partial charge in [-0.1, -0.05) is 11.3 Å². The Morgan fingerprint density at radius 2 is 1.83 bits per heavy atom. The van der Waals surface area contributed by atoms with Crippen molar-refractivity contribution in [3.05, 3.63) is 36.3 Å². The molecular formula is C17H19N5OS. The fourth-order valence-electron chi connectivity index (χ4n) is 2.90. The molecule has 1 aliphatic rings. The van der Waals surface area contributed by atoms with Gasteiger partial charge in [-0.25, -0.2) is 15.0 Å². The lowest BCUT2D eigenvalue weighted by molar-refractivity contribution is 0.415. The van der Waals surface area contributed by atoms with Gasteiger partial charge in [-0.05, 0) is 25.1 Å². The van der Waals surface area contributed by atoms with Crippen molar-refractivity contribution < 1.29 is 4.74 Å². The number of aryl methyl sites for hydroxylation is 1. The minimum absolute atomic E-state index is 0.877. The number of hydrogen-bond donors (Lipinski definition) is 0. The molecule has 1 aromatic carbocycles. The second-order valence-electron chi connectivity index (χ2n) is 5.82. The lowest BCUT2D eigenvalue weighted by Crippen LogP contribution is -2.46. The van der Waals surface area contributed by atoms with Crippen molar-refractivity contribution in [2.24, 2.45) is 0 Å². The number of piperazine rings is 1. The summed E-state index contributed by atoms with van der Waals surface area (Å²) in [5.41, 5.74) is 2.03. The molecule has 3 aromatic rings. The minimum atomic E-state index is 0.877. The zero-order valence-corrected chi connectivity index (χ0v) is 14.6. The summed E-state index contributed by atoms with van der Waals surface area (Å²) in [4.78, 5) is 18.0. The number of methoxy groups -OCH3 is 1. The van der Waals surface area contributed by atoms with E-state index in [9.17, 15) is 0 Å². The van der Waals surface area contributed by atoms with E-state index in [4.69, 9.17) is 9.72 Å². The third kappa shape index (κ3) is 2.87. The van der Waals surface area contributed by atoms with Crippen molar-refractivity contribution in [3.63, 3.8) is 0 Å². The van der Waals surface area contributed by atoms with Gasteiger partial charge in [0.1, 0.15) is 17.9 Å². The number of ether oxygens (including phenoxy) is 1. The average Bonchev–Trinajstić information content (AvgIpc) is 3.05. The Balaban J connectivity index is 1.49. The maximum atomic E-state index is 5.30. The monoisotopic (exact) mass is 341 g/mol. The number of fused-ring (bicyclic) bond motifs is 1. The van der Waals surface area contributed by atoms with Gasteiger partial charge in [-0.2, -0.15) is 0 Å². The first-order valence-corrected chi connectivity index (χ1v) is 8.78. The first-order valence-electron chi connectivity index (χ1n) is 7.96. The van der Waals surface area contributed by atoms with Gasteiger partial charge >= 0.3 is 0 Å². The van der Waals surface area contributed by atoms with Crippen molar-refractivity contribution in [1.29, 1.82) is 0 Å². The maximum absolute atomic E-state index is 5.30. The van der Waals surface area contributed by atoms with Gasteiger partial charge in [0.15, 0.2) is 5.13 Å². The van der Waals surface area contributed by atoms with E-state index in [1.807, 2.05) is 25.1 Å². The predicted octanol–water partition coefficient (Wildman–Crippen LogP) is 2.73. The Hall–Kier alpha value is -2.41. The number of benzene rings is 1. The Labute approximate surface area is 144 Å². The van der Waals surface area contributed by atoms with Crippen molar-refractivity contribution in [3.8, 4) is 5.75 Å². The van der Waals surface area contributed by atoms with Crippen LogP contribution in [0.4, 0.5) is 10.9 Å². The van der Waals surface area contributed by atoms with Crippen LogP contribution in [-0.4, -0.2) is 48.2 Å². The molecule has 7 heteroatoms. The molecule has 1 aliphatic heterocycles. The van der Waals surface area contributed by atoms with E-state index in [2.05, 4.69) is 25.8 Å².